The SMILES string of the molecule is CCOC(=O)c1c(-c2cccc(C)c2)csc1-c1ccccc1. The van der Waals surface area contributed by atoms with Gasteiger partial charge in [0.05, 0.1) is 12.2 Å². The van der Waals surface area contributed by atoms with Crippen molar-refractivity contribution in [1.82, 2.24) is 0 Å². The number of carbonyl (C=O) groups is 1. The van der Waals surface area contributed by atoms with Gasteiger partial charge in [0.2, 0.25) is 0 Å². The summed E-state index contributed by atoms with van der Waals surface area (Å²) < 4.78 is 5.31. The maximum atomic E-state index is 12.6. The van der Waals surface area contributed by atoms with Crippen LogP contribution in [0.25, 0.3) is 21.6 Å². The average Bonchev–Trinajstić information content (AvgIpc) is 3.01. The summed E-state index contributed by atoms with van der Waals surface area (Å²) in [7, 11) is 0. The highest BCUT2D eigenvalue weighted by Crippen LogP contribution is 2.38. The van der Waals surface area contributed by atoms with E-state index in [1.807, 2.05) is 54.8 Å². The van der Waals surface area contributed by atoms with E-state index in [0.717, 1.165) is 21.6 Å². The number of carbonyl (C=O) groups excluding carboxylic acids is 1. The van der Waals surface area contributed by atoms with Crippen molar-refractivity contribution < 1.29 is 9.53 Å². The van der Waals surface area contributed by atoms with Gasteiger partial charge in [0.1, 0.15) is 0 Å². The maximum absolute atomic E-state index is 12.6. The van der Waals surface area contributed by atoms with Crippen molar-refractivity contribution in [1.29, 1.82) is 0 Å². The molecule has 3 aromatic rings. The third kappa shape index (κ3) is 3.20. The molecule has 116 valence electrons. The van der Waals surface area contributed by atoms with Gasteiger partial charge in [-0.2, -0.15) is 0 Å². The lowest BCUT2D eigenvalue weighted by Gasteiger charge is -2.08. The van der Waals surface area contributed by atoms with Crippen LogP contribution >= 0.6 is 11.3 Å². The Labute approximate surface area is 140 Å². The summed E-state index contributed by atoms with van der Waals surface area (Å²) in [4.78, 5) is 13.5. The third-order valence-corrected chi connectivity index (χ3v) is 4.66. The normalized spacial score (nSPS) is 10.5. The molecule has 23 heavy (non-hydrogen) atoms. The van der Waals surface area contributed by atoms with Gasteiger partial charge < -0.3 is 4.74 Å². The number of benzene rings is 2. The molecule has 0 bridgehead atoms. The predicted molar refractivity (Wildman–Crippen MR) is 95.9 cm³/mol. The summed E-state index contributed by atoms with van der Waals surface area (Å²) in [6, 6.07) is 18.2. The standard InChI is InChI=1S/C20H18O2S/c1-3-22-20(21)18-17(16-11-7-8-14(2)12-16)13-23-19(18)15-9-5-4-6-10-15/h4-13H,3H2,1-2H3. The fourth-order valence-electron chi connectivity index (χ4n) is 2.59. The summed E-state index contributed by atoms with van der Waals surface area (Å²) in [6.45, 7) is 4.26. The van der Waals surface area contributed by atoms with Crippen LogP contribution in [0, 0.1) is 6.92 Å². The molecule has 0 radical (unpaired) electrons. The second kappa shape index (κ2) is 6.80. The van der Waals surface area contributed by atoms with Crippen LogP contribution in [-0.4, -0.2) is 12.6 Å². The molecule has 0 atom stereocenters. The van der Waals surface area contributed by atoms with E-state index < -0.39 is 0 Å². The van der Waals surface area contributed by atoms with Crippen molar-refractivity contribution in [2.75, 3.05) is 6.61 Å². The molecule has 0 amide bonds. The minimum absolute atomic E-state index is 0.260. The van der Waals surface area contributed by atoms with Gasteiger partial charge in [-0.1, -0.05) is 60.2 Å². The van der Waals surface area contributed by atoms with E-state index >= 15 is 0 Å². The summed E-state index contributed by atoms with van der Waals surface area (Å²) in [5, 5.41) is 2.04. The van der Waals surface area contributed by atoms with Crippen molar-refractivity contribution in [2.45, 2.75) is 13.8 Å². The van der Waals surface area contributed by atoms with Gasteiger partial charge in [-0.3, -0.25) is 0 Å². The van der Waals surface area contributed by atoms with Gasteiger partial charge in [-0.05, 0) is 25.0 Å². The van der Waals surface area contributed by atoms with E-state index in [9.17, 15) is 4.79 Å². The van der Waals surface area contributed by atoms with Crippen molar-refractivity contribution in [2.24, 2.45) is 0 Å². The van der Waals surface area contributed by atoms with E-state index in [0.29, 0.717) is 12.2 Å². The zero-order valence-electron chi connectivity index (χ0n) is 13.2. The topological polar surface area (TPSA) is 26.3 Å². The lowest BCUT2D eigenvalue weighted by atomic mass is 9.99. The fourth-order valence-corrected chi connectivity index (χ4v) is 3.66. The van der Waals surface area contributed by atoms with Gasteiger partial charge in [0.15, 0.2) is 0 Å². The summed E-state index contributed by atoms with van der Waals surface area (Å²) in [5.74, 6) is -0.260. The highest BCUT2D eigenvalue weighted by atomic mass is 32.1. The van der Waals surface area contributed by atoms with Crippen molar-refractivity contribution in [3.05, 3.63) is 71.1 Å². The number of ether oxygens (including phenoxy) is 1. The summed E-state index contributed by atoms with van der Waals surface area (Å²) in [5.41, 5.74) is 4.86. The largest absolute Gasteiger partial charge is 0.462 e. The second-order valence-corrected chi connectivity index (χ2v) is 6.19. The smallest absolute Gasteiger partial charge is 0.340 e. The molecule has 0 saturated carbocycles. The molecular formula is C20H18O2S. The van der Waals surface area contributed by atoms with Crippen LogP contribution in [-0.2, 0) is 4.74 Å². The minimum atomic E-state index is -0.260. The molecule has 3 rings (SSSR count). The molecule has 0 aliphatic heterocycles. The highest BCUT2D eigenvalue weighted by molar-refractivity contribution is 7.14. The summed E-state index contributed by atoms with van der Waals surface area (Å²) in [6.07, 6.45) is 0. The Morgan fingerprint density at radius 2 is 1.78 bits per heavy atom. The fraction of sp³-hybridized carbons (Fsp3) is 0.150. The quantitative estimate of drug-likeness (QED) is 0.587. The van der Waals surface area contributed by atoms with E-state index in [1.165, 1.54) is 5.56 Å². The zero-order chi connectivity index (χ0) is 16.2. The van der Waals surface area contributed by atoms with Crippen LogP contribution in [0.1, 0.15) is 22.8 Å². The highest BCUT2D eigenvalue weighted by Gasteiger charge is 2.22. The van der Waals surface area contributed by atoms with E-state index in [4.69, 9.17) is 4.74 Å². The molecule has 0 N–H and O–H groups in total. The van der Waals surface area contributed by atoms with E-state index in [1.54, 1.807) is 11.3 Å². The monoisotopic (exact) mass is 322 g/mol. The average molecular weight is 322 g/mol. The van der Waals surface area contributed by atoms with Crippen LogP contribution in [0.2, 0.25) is 0 Å². The van der Waals surface area contributed by atoms with Crippen molar-refractivity contribution in [3.8, 4) is 21.6 Å². The van der Waals surface area contributed by atoms with Crippen molar-refractivity contribution in [3.63, 3.8) is 0 Å². The van der Waals surface area contributed by atoms with Crippen LogP contribution < -0.4 is 0 Å². The third-order valence-electron chi connectivity index (χ3n) is 3.64. The van der Waals surface area contributed by atoms with Gasteiger partial charge >= 0.3 is 5.97 Å². The van der Waals surface area contributed by atoms with Crippen LogP contribution in [0.5, 0.6) is 0 Å². The lowest BCUT2D eigenvalue weighted by molar-refractivity contribution is 0.0528. The zero-order valence-corrected chi connectivity index (χ0v) is 14.0. The molecule has 2 aromatic carbocycles. The Bertz CT molecular complexity index is 819. The van der Waals surface area contributed by atoms with Gasteiger partial charge in [-0.25, -0.2) is 4.79 Å². The van der Waals surface area contributed by atoms with Crippen LogP contribution in [0.15, 0.2) is 60.0 Å². The first-order chi connectivity index (χ1) is 11.2. The van der Waals surface area contributed by atoms with Gasteiger partial charge in [0, 0.05) is 15.8 Å². The van der Waals surface area contributed by atoms with Crippen molar-refractivity contribution >= 4 is 17.3 Å². The molecule has 0 spiro atoms. The summed E-state index contributed by atoms with van der Waals surface area (Å²) >= 11 is 1.58. The molecule has 0 aliphatic rings. The van der Waals surface area contributed by atoms with E-state index in [-0.39, 0.29) is 5.97 Å². The molecule has 1 heterocycles. The first-order valence-corrected chi connectivity index (χ1v) is 8.49. The van der Waals surface area contributed by atoms with Gasteiger partial charge in [0.25, 0.3) is 0 Å². The maximum Gasteiger partial charge on any atom is 0.340 e. The second-order valence-electron chi connectivity index (χ2n) is 5.31. The molecule has 0 unspecified atom stereocenters. The molecule has 2 nitrogen and oxygen atoms in total. The first kappa shape index (κ1) is 15.5. The Morgan fingerprint density at radius 1 is 1.04 bits per heavy atom. The van der Waals surface area contributed by atoms with E-state index in [2.05, 4.69) is 19.1 Å². The first-order valence-electron chi connectivity index (χ1n) is 7.61. The number of aryl methyl sites for hydroxylation is 1. The Kier molecular flexibility index (Phi) is 4.58. The Hall–Kier alpha value is -2.39. The lowest BCUT2D eigenvalue weighted by Crippen LogP contribution is -2.06. The number of thiophene rings is 1. The number of hydrogen-bond donors (Lipinski definition) is 0. The number of rotatable bonds is 4. The molecule has 0 saturated heterocycles. The molecular weight excluding hydrogens is 304 g/mol. The van der Waals surface area contributed by atoms with Crippen LogP contribution in [0.4, 0.5) is 0 Å². The number of hydrogen-bond acceptors (Lipinski definition) is 3. The molecule has 3 heteroatoms. The molecule has 0 aliphatic carbocycles. The number of esters is 1. The van der Waals surface area contributed by atoms with Crippen LogP contribution in [0.3, 0.4) is 0 Å². The molecule has 0 fully saturated rings. The minimum Gasteiger partial charge on any atom is -0.462 e. The Morgan fingerprint density at radius 3 is 2.48 bits per heavy atom. The predicted octanol–water partition coefficient (Wildman–Crippen LogP) is 5.57. The molecule has 1 aromatic heterocycles. The van der Waals surface area contributed by atoms with Gasteiger partial charge in [-0.15, -0.1) is 11.3 Å². The Balaban J connectivity index is 2.17.